The van der Waals surface area contributed by atoms with Crippen LogP contribution in [-0.4, -0.2) is 4.57 Å². The minimum atomic E-state index is 0.882. The fourth-order valence-electron chi connectivity index (χ4n) is 2.12. The van der Waals surface area contributed by atoms with Crippen molar-refractivity contribution >= 4 is 5.69 Å². The van der Waals surface area contributed by atoms with E-state index in [0.29, 0.717) is 0 Å². The molecule has 0 saturated carbocycles. The number of nitrogen functional groups attached to an aromatic ring is 1. The molecule has 1 heterocycles. The second kappa shape index (κ2) is 4.05. The quantitative estimate of drug-likeness (QED) is 0.764. The van der Waals surface area contributed by atoms with Crippen molar-refractivity contribution in [2.75, 3.05) is 5.73 Å². The summed E-state index contributed by atoms with van der Waals surface area (Å²) in [6, 6.07) is 10.6. The van der Waals surface area contributed by atoms with Gasteiger partial charge in [-0.15, -0.1) is 0 Å². The van der Waals surface area contributed by atoms with Crippen LogP contribution in [0.5, 0.6) is 0 Å². The summed E-state index contributed by atoms with van der Waals surface area (Å²) in [5, 5.41) is 0. The molecule has 0 fully saturated rings. The number of benzene rings is 1. The Balaban J connectivity index is 2.53. The molecule has 0 aliphatic carbocycles. The van der Waals surface area contributed by atoms with Gasteiger partial charge in [-0.05, 0) is 50.1 Å². The molecule has 2 N–H and O–H groups in total. The van der Waals surface area contributed by atoms with Crippen LogP contribution in [0.25, 0.3) is 5.69 Å². The van der Waals surface area contributed by atoms with Gasteiger partial charge in [-0.25, -0.2) is 0 Å². The van der Waals surface area contributed by atoms with E-state index >= 15 is 0 Å². The fourth-order valence-corrected chi connectivity index (χ4v) is 2.12. The maximum atomic E-state index is 6.02. The number of aromatic nitrogens is 1. The Hall–Kier alpha value is -1.70. The van der Waals surface area contributed by atoms with E-state index < -0.39 is 0 Å². The van der Waals surface area contributed by atoms with Crippen molar-refractivity contribution in [1.29, 1.82) is 0 Å². The third-order valence-corrected chi connectivity index (χ3v) is 3.04. The van der Waals surface area contributed by atoms with E-state index in [-0.39, 0.29) is 0 Å². The Morgan fingerprint density at radius 3 is 2.19 bits per heavy atom. The third kappa shape index (κ3) is 1.71. The first-order chi connectivity index (χ1) is 7.63. The summed E-state index contributed by atoms with van der Waals surface area (Å²) >= 11 is 0. The van der Waals surface area contributed by atoms with E-state index in [1.54, 1.807) is 0 Å². The van der Waals surface area contributed by atoms with Gasteiger partial charge in [0.25, 0.3) is 0 Å². The molecule has 2 nitrogen and oxygen atoms in total. The average Bonchev–Trinajstić information content (AvgIpc) is 2.58. The van der Waals surface area contributed by atoms with Crippen LogP contribution in [0.15, 0.2) is 30.3 Å². The van der Waals surface area contributed by atoms with Gasteiger partial charge in [-0.2, -0.15) is 0 Å². The van der Waals surface area contributed by atoms with Gasteiger partial charge < -0.3 is 10.3 Å². The van der Waals surface area contributed by atoms with E-state index in [1.165, 1.54) is 17.0 Å². The van der Waals surface area contributed by atoms with Gasteiger partial charge in [0.15, 0.2) is 0 Å². The molecule has 1 aromatic heterocycles. The van der Waals surface area contributed by atoms with Crippen LogP contribution in [0, 0.1) is 13.8 Å². The van der Waals surface area contributed by atoms with E-state index in [0.717, 1.165) is 17.8 Å². The Bertz CT molecular complexity index is 490. The molecular formula is C14H18N2. The zero-order valence-electron chi connectivity index (χ0n) is 10.1. The topological polar surface area (TPSA) is 30.9 Å². The van der Waals surface area contributed by atoms with E-state index in [2.05, 4.69) is 55.7 Å². The first-order valence-corrected chi connectivity index (χ1v) is 5.67. The zero-order chi connectivity index (χ0) is 11.7. The van der Waals surface area contributed by atoms with Crippen molar-refractivity contribution in [2.24, 2.45) is 0 Å². The number of aryl methyl sites for hydroxylation is 3. The van der Waals surface area contributed by atoms with Crippen molar-refractivity contribution in [1.82, 2.24) is 4.57 Å². The number of rotatable bonds is 2. The lowest BCUT2D eigenvalue weighted by molar-refractivity contribution is 0.964. The maximum absolute atomic E-state index is 6.02. The molecule has 84 valence electrons. The SMILES string of the molecule is CCc1ccc(-n2c(C)ccc2C)cc1N. The standard InChI is InChI=1S/C14H18N2/c1-4-12-7-8-13(9-14(12)15)16-10(2)5-6-11(16)3/h5-9H,4,15H2,1-3H3. The summed E-state index contributed by atoms with van der Waals surface area (Å²) in [6.07, 6.45) is 0.982. The van der Waals surface area contributed by atoms with Gasteiger partial charge in [0.1, 0.15) is 0 Å². The smallest absolute Gasteiger partial charge is 0.0475 e. The second-order valence-electron chi connectivity index (χ2n) is 4.19. The maximum Gasteiger partial charge on any atom is 0.0475 e. The third-order valence-electron chi connectivity index (χ3n) is 3.04. The van der Waals surface area contributed by atoms with Gasteiger partial charge in [-0.3, -0.25) is 0 Å². The number of anilines is 1. The molecular weight excluding hydrogens is 196 g/mol. The van der Waals surface area contributed by atoms with Gasteiger partial charge in [0, 0.05) is 22.8 Å². The predicted octanol–water partition coefficient (Wildman–Crippen LogP) is 3.24. The molecule has 16 heavy (non-hydrogen) atoms. The summed E-state index contributed by atoms with van der Waals surface area (Å²) in [6.45, 7) is 6.34. The van der Waals surface area contributed by atoms with Gasteiger partial charge in [-0.1, -0.05) is 13.0 Å². The van der Waals surface area contributed by atoms with Gasteiger partial charge in [0.05, 0.1) is 0 Å². The normalized spacial score (nSPS) is 10.7. The lowest BCUT2D eigenvalue weighted by Gasteiger charge is -2.12. The molecule has 2 aromatic rings. The molecule has 0 atom stereocenters. The van der Waals surface area contributed by atoms with E-state index in [4.69, 9.17) is 5.73 Å². The van der Waals surface area contributed by atoms with Crippen LogP contribution in [0.3, 0.4) is 0 Å². The summed E-state index contributed by atoms with van der Waals surface area (Å²) in [4.78, 5) is 0. The Morgan fingerprint density at radius 2 is 1.69 bits per heavy atom. The molecule has 0 spiro atoms. The van der Waals surface area contributed by atoms with Gasteiger partial charge >= 0.3 is 0 Å². The van der Waals surface area contributed by atoms with Crippen molar-refractivity contribution in [3.8, 4) is 5.69 Å². The average molecular weight is 214 g/mol. The molecule has 0 aliphatic rings. The second-order valence-corrected chi connectivity index (χ2v) is 4.19. The fraction of sp³-hybridized carbons (Fsp3) is 0.286. The number of hydrogen-bond donors (Lipinski definition) is 1. The highest BCUT2D eigenvalue weighted by molar-refractivity contribution is 5.55. The molecule has 2 heteroatoms. The van der Waals surface area contributed by atoms with Crippen LogP contribution in [0.4, 0.5) is 5.69 Å². The monoisotopic (exact) mass is 214 g/mol. The highest BCUT2D eigenvalue weighted by Crippen LogP contribution is 2.21. The molecule has 1 aromatic carbocycles. The number of hydrogen-bond acceptors (Lipinski definition) is 1. The van der Waals surface area contributed by atoms with E-state index in [1.807, 2.05) is 0 Å². The summed E-state index contributed by atoms with van der Waals surface area (Å²) in [5.74, 6) is 0. The largest absolute Gasteiger partial charge is 0.398 e. The van der Waals surface area contributed by atoms with Crippen molar-refractivity contribution in [3.63, 3.8) is 0 Å². The minimum Gasteiger partial charge on any atom is -0.398 e. The van der Waals surface area contributed by atoms with Crippen molar-refractivity contribution in [3.05, 3.63) is 47.3 Å². The van der Waals surface area contributed by atoms with Crippen molar-refractivity contribution < 1.29 is 0 Å². The van der Waals surface area contributed by atoms with Crippen LogP contribution < -0.4 is 5.73 Å². The van der Waals surface area contributed by atoms with Crippen LogP contribution in [0.1, 0.15) is 23.9 Å². The summed E-state index contributed by atoms with van der Waals surface area (Å²) in [7, 11) is 0. The number of nitrogens with zero attached hydrogens (tertiary/aromatic N) is 1. The lowest BCUT2D eigenvalue weighted by Crippen LogP contribution is -2.01. The van der Waals surface area contributed by atoms with Crippen LogP contribution in [-0.2, 0) is 6.42 Å². The molecule has 2 rings (SSSR count). The molecule has 0 radical (unpaired) electrons. The first kappa shape index (κ1) is 10.8. The Kier molecular flexibility index (Phi) is 2.73. The predicted molar refractivity (Wildman–Crippen MR) is 69.0 cm³/mol. The van der Waals surface area contributed by atoms with Crippen molar-refractivity contribution in [2.45, 2.75) is 27.2 Å². The lowest BCUT2D eigenvalue weighted by atomic mass is 10.1. The van der Waals surface area contributed by atoms with Crippen LogP contribution >= 0.6 is 0 Å². The van der Waals surface area contributed by atoms with Gasteiger partial charge in [0.2, 0.25) is 0 Å². The Morgan fingerprint density at radius 1 is 1.06 bits per heavy atom. The highest BCUT2D eigenvalue weighted by Gasteiger charge is 2.05. The minimum absolute atomic E-state index is 0.882. The van der Waals surface area contributed by atoms with E-state index in [9.17, 15) is 0 Å². The summed E-state index contributed by atoms with van der Waals surface area (Å²) in [5.41, 5.74) is 11.7. The highest BCUT2D eigenvalue weighted by atomic mass is 15.0. The Labute approximate surface area is 96.7 Å². The molecule has 0 saturated heterocycles. The number of nitrogens with two attached hydrogens (primary N) is 1. The van der Waals surface area contributed by atoms with Crippen LogP contribution in [0.2, 0.25) is 0 Å². The molecule has 0 aliphatic heterocycles. The first-order valence-electron chi connectivity index (χ1n) is 5.67. The zero-order valence-corrected chi connectivity index (χ0v) is 10.1. The summed E-state index contributed by atoms with van der Waals surface area (Å²) < 4.78 is 2.22. The molecule has 0 unspecified atom stereocenters. The molecule has 0 bridgehead atoms. The molecule has 0 amide bonds.